The smallest absolute Gasteiger partial charge is 0.255 e. The third-order valence-electron chi connectivity index (χ3n) is 5.18. The molecule has 29 heavy (non-hydrogen) atoms. The van der Waals surface area contributed by atoms with Crippen LogP contribution in [0.1, 0.15) is 60.9 Å². The quantitative estimate of drug-likeness (QED) is 0.438. The predicted molar refractivity (Wildman–Crippen MR) is 103 cm³/mol. The van der Waals surface area contributed by atoms with Crippen molar-refractivity contribution in [3.8, 4) is 0 Å². The molecule has 0 saturated carbocycles. The second-order valence-electron chi connectivity index (χ2n) is 7.31. The summed E-state index contributed by atoms with van der Waals surface area (Å²) in [6, 6.07) is 4.39. The van der Waals surface area contributed by atoms with Gasteiger partial charge in [-0.1, -0.05) is 12.5 Å². The minimum atomic E-state index is -0.693. The van der Waals surface area contributed by atoms with Gasteiger partial charge in [0.2, 0.25) is 23.6 Å². The molecule has 4 N–H and O–H groups in total. The van der Waals surface area contributed by atoms with Crippen LogP contribution in [0, 0.1) is 0 Å². The average molecular weight is 400 g/mol. The number of hydrogen-bond donors (Lipinski definition) is 3. The molecule has 1 unspecified atom stereocenters. The molecular formula is C20H24N4O5. The molecule has 9 heteroatoms. The van der Waals surface area contributed by atoms with Gasteiger partial charge < -0.3 is 16.0 Å². The van der Waals surface area contributed by atoms with Crippen LogP contribution in [0.5, 0.6) is 0 Å². The fourth-order valence-electron chi connectivity index (χ4n) is 3.68. The Labute approximate surface area is 168 Å². The summed E-state index contributed by atoms with van der Waals surface area (Å²) in [5, 5.41) is 5.11. The zero-order valence-corrected chi connectivity index (χ0v) is 16.0. The number of unbranched alkanes of at least 4 members (excludes halogenated alkanes) is 2. The lowest BCUT2D eigenvalue weighted by molar-refractivity contribution is -0.137. The monoisotopic (exact) mass is 400 g/mol. The number of piperidine rings is 1. The van der Waals surface area contributed by atoms with E-state index in [4.69, 9.17) is 5.73 Å². The molecule has 0 aromatic heterocycles. The second kappa shape index (κ2) is 8.85. The van der Waals surface area contributed by atoms with Gasteiger partial charge in [0.1, 0.15) is 6.04 Å². The van der Waals surface area contributed by atoms with Crippen LogP contribution >= 0.6 is 0 Å². The molecule has 9 nitrogen and oxygen atoms in total. The second-order valence-corrected chi connectivity index (χ2v) is 7.31. The molecule has 1 saturated heterocycles. The van der Waals surface area contributed by atoms with Gasteiger partial charge >= 0.3 is 0 Å². The minimum absolute atomic E-state index is 0.176. The number of anilines is 1. The van der Waals surface area contributed by atoms with Crippen molar-refractivity contribution in [2.75, 3.05) is 5.32 Å². The highest BCUT2D eigenvalue weighted by atomic mass is 16.2. The van der Waals surface area contributed by atoms with Gasteiger partial charge in [-0.25, -0.2) is 0 Å². The third kappa shape index (κ3) is 4.79. The van der Waals surface area contributed by atoms with E-state index in [0.717, 1.165) is 6.42 Å². The number of imide groups is 1. The molecular weight excluding hydrogens is 376 g/mol. The van der Waals surface area contributed by atoms with Gasteiger partial charge in [0.05, 0.1) is 0 Å². The highest BCUT2D eigenvalue weighted by Gasteiger charge is 2.39. The summed E-state index contributed by atoms with van der Waals surface area (Å²) in [4.78, 5) is 60.7. The molecule has 2 aliphatic rings. The minimum Gasteiger partial charge on any atom is -0.370 e. The molecule has 2 heterocycles. The van der Waals surface area contributed by atoms with Crippen LogP contribution in [-0.2, 0) is 25.7 Å². The van der Waals surface area contributed by atoms with Crippen LogP contribution in [0.4, 0.5) is 5.69 Å². The Balaban J connectivity index is 1.61. The van der Waals surface area contributed by atoms with Gasteiger partial charge in [0.15, 0.2) is 0 Å². The number of fused-ring (bicyclic) bond motifs is 1. The first-order valence-electron chi connectivity index (χ1n) is 9.71. The largest absolute Gasteiger partial charge is 0.370 e. The van der Waals surface area contributed by atoms with Crippen molar-refractivity contribution in [1.29, 1.82) is 0 Å². The van der Waals surface area contributed by atoms with E-state index in [1.165, 1.54) is 4.90 Å². The Morgan fingerprint density at radius 3 is 2.62 bits per heavy atom. The van der Waals surface area contributed by atoms with Gasteiger partial charge in [-0.05, 0) is 31.4 Å². The van der Waals surface area contributed by atoms with E-state index in [-0.39, 0.29) is 43.0 Å². The van der Waals surface area contributed by atoms with E-state index in [1.54, 1.807) is 18.2 Å². The van der Waals surface area contributed by atoms with Gasteiger partial charge in [-0.3, -0.25) is 29.3 Å². The predicted octanol–water partition coefficient (Wildman–Crippen LogP) is 0.822. The van der Waals surface area contributed by atoms with E-state index in [1.807, 2.05) is 0 Å². The lowest BCUT2D eigenvalue weighted by Gasteiger charge is -2.29. The van der Waals surface area contributed by atoms with Gasteiger partial charge in [-0.2, -0.15) is 0 Å². The molecule has 3 rings (SSSR count). The Bertz CT molecular complexity index is 866. The van der Waals surface area contributed by atoms with E-state index >= 15 is 0 Å². The van der Waals surface area contributed by atoms with E-state index in [9.17, 15) is 24.0 Å². The van der Waals surface area contributed by atoms with Crippen molar-refractivity contribution >= 4 is 35.2 Å². The van der Waals surface area contributed by atoms with Crippen LogP contribution in [0.3, 0.4) is 0 Å². The Morgan fingerprint density at radius 1 is 1.14 bits per heavy atom. The highest BCUT2D eigenvalue weighted by molar-refractivity contribution is 6.06. The van der Waals surface area contributed by atoms with Crippen molar-refractivity contribution in [3.63, 3.8) is 0 Å². The summed E-state index contributed by atoms with van der Waals surface area (Å²) in [7, 11) is 0. The van der Waals surface area contributed by atoms with Crippen molar-refractivity contribution in [3.05, 3.63) is 29.3 Å². The number of nitrogens with two attached hydrogens (primary N) is 1. The molecule has 0 radical (unpaired) electrons. The SMILES string of the molecule is NC(=O)CCCCCC(=O)Nc1cccc2c1CN(C1CCC(=O)NC1=O)C2=O. The normalized spacial score (nSPS) is 18.4. The van der Waals surface area contributed by atoms with Crippen molar-refractivity contribution < 1.29 is 24.0 Å². The van der Waals surface area contributed by atoms with E-state index < -0.39 is 11.9 Å². The van der Waals surface area contributed by atoms with Crippen molar-refractivity contribution in [2.24, 2.45) is 5.73 Å². The molecule has 0 bridgehead atoms. The van der Waals surface area contributed by atoms with Crippen LogP contribution in [-0.4, -0.2) is 40.5 Å². The summed E-state index contributed by atoms with van der Waals surface area (Å²) in [6.45, 7) is 0.204. The topological polar surface area (TPSA) is 139 Å². The van der Waals surface area contributed by atoms with E-state index in [2.05, 4.69) is 10.6 Å². The number of carbonyl (C=O) groups is 5. The van der Waals surface area contributed by atoms with Crippen LogP contribution in [0.15, 0.2) is 18.2 Å². The first-order chi connectivity index (χ1) is 13.9. The molecule has 0 aliphatic carbocycles. The maximum absolute atomic E-state index is 12.8. The highest BCUT2D eigenvalue weighted by Crippen LogP contribution is 2.32. The summed E-state index contributed by atoms with van der Waals surface area (Å²) in [6.07, 6.45) is 3.10. The Kier molecular flexibility index (Phi) is 6.26. The van der Waals surface area contributed by atoms with Crippen LogP contribution < -0.4 is 16.4 Å². The summed E-state index contributed by atoms with van der Waals surface area (Å²) < 4.78 is 0. The van der Waals surface area contributed by atoms with Crippen LogP contribution in [0.2, 0.25) is 0 Å². The lowest BCUT2D eigenvalue weighted by atomic mass is 10.0. The number of nitrogens with one attached hydrogen (secondary N) is 2. The fourth-order valence-corrected chi connectivity index (χ4v) is 3.68. The molecule has 0 spiro atoms. The summed E-state index contributed by atoms with van der Waals surface area (Å²) in [5.41, 5.74) is 6.76. The van der Waals surface area contributed by atoms with E-state index in [0.29, 0.717) is 42.5 Å². The zero-order chi connectivity index (χ0) is 21.0. The summed E-state index contributed by atoms with van der Waals surface area (Å²) in [5.74, 6) is -1.61. The number of amides is 5. The molecule has 2 aliphatic heterocycles. The number of benzene rings is 1. The first kappa shape index (κ1) is 20.5. The number of hydrogen-bond acceptors (Lipinski definition) is 5. The maximum Gasteiger partial charge on any atom is 0.255 e. The van der Waals surface area contributed by atoms with Gasteiger partial charge in [0, 0.05) is 42.6 Å². The molecule has 1 aromatic rings. The zero-order valence-electron chi connectivity index (χ0n) is 16.0. The number of nitrogens with zero attached hydrogens (tertiary/aromatic N) is 1. The number of primary amides is 1. The Morgan fingerprint density at radius 2 is 1.90 bits per heavy atom. The number of carbonyl (C=O) groups excluding carboxylic acids is 5. The van der Waals surface area contributed by atoms with Crippen molar-refractivity contribution in [2.45, 2.75) is 57.5 Å². The van der Waals surface area contributed by atoms with Crippen molar-refractivity contribution in [1.82, 2.24) is 10.2 Å². The standard InChI is InChI=1S/C20H24N4O5/c21-16(25)7-2-1-3-8-17(26)22-14-6-4-5-12-13(14)11-24(20(12)29)15-9-10-18(27)23-19(15)28/h4-6,15H,1-3,7-11H2,(H2,21,25)(H,22,26)(H,23,27,28). The lowest BCUT2D eigenvalue weighted by Crippen LogP contribution is -2.52. The Hall–Kier alpha value is -3.23. The fraction of sp³-hybridized carbons (Fsp3) is 0.450. The van der Waals surface area contributed by atoms with Gasteiger partial charge in [-0.15, -0.1) is 0 Å². The third-order valence-corrected chi connectivity index (χ3v) is 5.18. The van der Waals surface area contributed by atoms with Crippen LogP contribution in [0.25, 0.3) is 0 Å². The molecule has 1 aromatic carbocycles. The molecule has 5 amide bonds. The molecule has 1 fully saturated rings. The number of rotatable bonds is 8. The average Bonchev–Trinajstić information content (AvgIpc) is 2.99. The summed E-state index contributed by atoms with van der Waals surface area (Å²) >= 11 is 0. The molecule has 154 valence electrons. The molecule has 1 atom stereocenters. The maximum atomic E-state index is 12.8. The van der Waals surface area contributed by atoms with Gasteiger partial charge in [0.25, 0.3) is 5.91 Å². The first-order valence-corrected chi connectivity index (χ1v) is 9.71.